The van der Waals surface area contributed by atoms with Crippen molar-refractivity contribution >= 4 is 25.7 Å². The Kier molecular flexibility index (Phi) is 6.99. The fraction of sp³-hybridized carbons (Fsp3) is 0.280. The lowest BCUT2D eigenvalue weighted by atomic mass is 10.2. The van der Waals surface area contributed by atoms with Crippen molar-refractivity contribution in [3.05, 3.63) is 72.3 Å². The fourth-order valence-electron chi connectivity index (χ4n) is 4.23. The predicted octanol–water partition coefficient (Wildman–Crippen LogP) is 2.41. The summed E-state index contributed by atoms with van der Waals surface area (Å²) in [4.78, 5) is 2.16. The van der Waals surface area contributed by atoms with Gasteiger partial charge in [-0.3, -0.25) is 0 Å². The van der Waals surface area contributed by atoms with E-state index in [9.17, 15) is 16.8 Å². The number of nitrogens with zero attached hydrogens (tertiary/aromatic N) is 2. The zero-order valence-electron chi connectivity index (χ0n) is 20.2. The number of benzene rings is 3. The molecule has 10 nitrogen and oxygen atoms in total. The van der Waals surface area contributed by atoms with Crippen LogP contribution in [0.25, 0.3) is 0 Å². The number of anilines is 1. The first-order valence-electron chi connectivity index (χ1n) is 11.6. The number of nitrogens with one attached hydrogen (secondary N) is 1. The quantitative estimate of drug-likeness (QED) is 0.459. The van der Waals surface area contributed by atoms with E-state index in [2.05, 4.69) is 9.62 Å². The van der Waals surface area contributed by atoms with E-state index in [-0.39, 0.29) is 23.1 Å². The standard InChI is InChI=1S/C25H27N3O7S2/c1-33-21-5-3-20(4-6-21)27-12-14-28(15-13-27)37(31,32)23-9-7-22(8-10-23)36(29,30)26-17-19-2-11-24-25(16-19)35-18-34-24/h2-11,16,26H,12-15,17-18H2,1H3. The second kappa shape index (κ2) is 10.2. The van der Waals surface area contributed by atoms with Crippen LogP contribution in [0.3, 0.4) is 0 Å². The average Bonchev–Trinajstić information content (AvgIpc) is 3.40. The van der Waals surface area contributed by atoms with E-state index in [4.69, 9.17) is 14.2 Å². The van der Waals surface area contributed by atoms with Crippen molar-refractivity contribution in [3.63, 3.8) is 0 Å². The number of piperazine rings is 1. The van der Waals surface area contributed by atoms with E-state index < -0.39 is 20.0 Å². The molecule has 0 amide bonds. The summed E-state index contributed by atoms with van der Waals surface area (Å²) in [5.74, 6) is 1.94. The minimum Gasteiger partial charge on any atom is -0.497 e. The summed E-state index contributed by atoms with van der Waals surface area (Å²) in [6, 6.07) is 18.1. The normalized spacial score (nSPS) is 16.1. The van der Waals surface area contributed by atoms with Crippen LogP contribution in [0.4, 0.5) is 5.69 Å². The monoisotopic (exact) mass is 545 g/mol. The van der Waals surface area contributed by atoms with Crippen molar-refractivity contribution in [3.8, 4) is 17.2 Å². The Morgan fingerprint density at radius 2 is 1.46 bits per heavy atom. The second-order valence-corrected chi connectivity index (χ2v) is 12.3. The van der Waals surface area contributed by atoms with Gasteiger partial charge in [0, 0.05) is 38.4 Å². The topological polar surface area (TPSA) is 114 Å². The van der Waals surface area contributed by atoms with E-state index in [1.54, 1.807) is 25.3 Å². The maximum atomic E-state index is 13.2. The van der Waals surface area contributed by atoms with Gasteiger partial charge in [-0.1, -0.05) is 6.07 Å². The van der Waals surface area contributed by atoms with Crippen LogP contribution in [0.5, 0.6) is 17.2 Å². The Bertz CT molecular complexity index is 1470. The summed E-state index contributed by atoms with van der Waals surface area (Å²) in [7, 11) is -6.00. The van der Waals surface area contributed by atoms with Crippen molar-refractivity contribution in [1.82, 2.24) is 9.03 Å². The van der Waals surface area contributed by atoms with Crippen molar-refractivity contribution in [2.24, 2.45) is 0 Å². The molecule has 2 aliphatic rings. The minimum absolute atomic E-state index is 0.0171. The van der Waals surface area contributed by atoms with Crippen molar-refractivity contribution in [2.45, 2.75) is 16.3 Å². The molecule has 1 saturated heterocycles. The van der Waals surface area contributed by atoms with Gasteiger partial charge < -0.3 is 19.1 Å². The smallest absolute Gasteiger partial charge is 0.243 e. The van der Waals surface area contributed by atoms with Crippen LogP contribution >= 0.6 is 0 Å². The Morgan fingerprint density at radius 1 is 0.811 bits per heavy atom. The maximum Gasteiger partial charge on any atom is 0.243 e. The molecule has 0 atom stereocenters. The van der Waals surface area contributed by atoms with Crippen LogP contribution < -0.4 is 23.8 Å². The molecule has 0 aliphatic carbocycles. The molecular weight excluding hydrogens is 518 g/mol. The van der Waals surface area contributed by atoms with Gasteiger partial charge in [-0.15, -0.1) is 0 Å². The summed E-state index contributed by atoms with van der Waals surface area (Å²) in [6.07, 6.45) is 0. The number of sulfonamides is 2. The zero-order valence-corrected chi connectivity index (χ0v) is 21.8. The molecular formula is C25H27N3O7S2. The first kappa shape index (κ1) is 25.3. The fourth-order valence-corrected chi connectivity index (χ4v) is 6.67. The van der Waals surface area contributed by atoms with Crippen LogP contribution in [0.2, 0.25) is 0 Å². The molecule has 196 valence electrons. The molecule has 1 fully saturated rings. The Hall–Kier alpha value is -3.32. The molecule has 0 unspecified atom stereocenters. The van der Waals surface area contributed by atoms with Crippen molar-refractivity contribution < 1.29 is 31.0 Å². The number of rotatable bonds is 8. The first-order valence-corrected chi connectivity index (χ1v) is 14.6. The molecule has 3 aromatic rings. The lowest BCUT2D eigenvalue weighted by Crippen LogP contribution is -2.48. The van der Waals surface area contributed by atoms with Gasteiger partial charge in [0.15, 0.2) is 11.5 Å². The Balaban J connectivity index is 1.21. The summed E-state index contributed by atoms with van der Waals surface area (Å²) in [5, 5.41) is 0. The summed E-state index contributed by atoms with van der Waals surface area (Å²) < 4.78 is 71.6. The van der Waals surface area contributed by atoms with E-state index in [1.165, 1.54) is 28.6 Å². The molecule has 3 aromatic carbocycles. The van der Waals surface area contributed by atoms with Gasteiger partial charge in [0.25, 0.3) is 0 Å². The zero-order chi connectivity index (χ0) is 26.0. The highest BCUT2D eigenvalue weighted by Crippen LogP contribution is 2.32. The third-order valence-corrected chi connectivity index (χ3v) is 9.68. The molecule has 12 heteroatoms. The first-order chi connectivity index (χ1) is 17.8. The highest BCUT2D eigenvalue weighted by molar-refractivity contribution is 7.89. The average molecular weight is 546 g/mol. The number of fused-ring (bicyclic) bond motifs is 1. The Labute approximate surface area is 216 Å². The van der Waals surface area contributed by atoms with E-state index in [0.29, 0.717) is 43.2 Å². The lowest BCUT2D eigenvalue weighted by molar-refractivity contribution is 0.174. The van der Waals surface area contributed by atoms with Gasteiger partial charge in [-0.2, -0.15) is 4.31 Å². The largest absolute Gasteiger partial charge is 0.497 e. The lowest BCUT2D eigenvalue weighted by Gasteiger charge is -2.35. The molecule has 0 saturated carbocycles. The van der Waals surface area contributed by atoms with Crippen LogP contribution in [-0.4, -0.2) is 61.2 Å². The van der Waals surface area contributed by atoms with Crippen LogP contribution in [-0.2, 0) is 26.6 Å². The van der Waals surface area contributed by atoms with Gasteiger partial charge in [0.05, 0.1) is 16.9 Å². The van der Waals surface area contributed by atoms with Gasteiger partial charge in [0.2, 0.25) is 26.8 Å². The molecule has 1 N–H and O–H groups in total. The van der Waals surface area contributed by atoms with E-state index in [1.807, 2.05) is 24.3 Å². The third-order valence-electron chi connectivity index (χ3n) is 6.35. The third kappa shape index (κ3) is 5.37. The summed E-state index contributed by atoms with van der Waals surface area (Å²) in [5.41, 5.74) is 1.71. The number of methoxy groups -OCH3 is 1. The number of ether oxygens (including phenoxy) is 3. The maximum absolute atomic E-state index is 13.2. The highest BCUT2D eigenvalue weighted by atomic mass is 32.2. The van der Waals surface area contributed by atoms with Gasteiger partial charge in [0.1, 0.15) is 5.75 Å². The molecule has 0 bridgehead atoms. The van der Waals surface area contributed by atoms with E-state index >= 15 is 0 Å². The molecule has 37 heavy (non-hydrogen) atoms. The molecule has 2 heterocycles. The highest BCUT2D eigenvalue weighted by Gasteiger charge is 2.29. The van der Waals surface area contributed by atoms with Crippen molar-refractivity contribution in [2.75, 3.05) is 45.0 Å². The van der Waals surface area contributed by atoms with Crippen LogP contribution in [0.15, 0.2) is 76.5 Å². The number of hydrogen-bond donors (Lipinski definition) is 1. The predicted molar refractivity (Wildman–Crippen MR) is 137 cm³/mol. The van der Waals surface area contributed by atoms with Crippen LogP contribution in [0, 0.1) is 0 Å². The molecule has 0 radical (unpaired) electrons. The molecule has 5 rings (SSSR count). The van der Waals surface area contributed by atoms with Crippen LogP contribution in [0.1, 0.15) is 5.56 Å². The minimum atomic E-state index is -3.85. The van der Waals surface area contributed by atoms with Gasteiger partial charge in [-0.05, 0) is 66.2 Å². The SMILES string of the molecule is COc1ccc(N2CCN(S(=O)(=O)c3ccc(S(=O)(=O)NCc4ccc5c(c4)OCO5)cc3)CC2)cc1. The summed E-state index contributed by atoms with van der Waals surface area (Å²) in [6.45, 7) is 1.93. The van der Waals surface area contributed by atoms with Crippen molar-refractivity contribution in [1.29, 1.82) is 0 Å². The second-order valence-electron chi connectivity index (χ2n) is 8.57. The van der Waals surface area contributed by atoms with Gasteiger partial charge >= 0.3 is 0 Å². The van der Waals surface area contributed by atoms with Gasteiger partial charge in [-0.25, -0.2) is 21.6 Å². The number of hydrogen-bond acceptors (Lipinski definition) is 8. The molecule has 0 aromatic heterocycles. The molecule has 0 spiro atoms. The van der Waals surface area contributed by atoms with E-state index in [0.717, 1.165) is 11.4 Å². The summed E-state index contributed by atoms with van der Waals surface area (Å²) >= 11 is 0. The molecule has 2 aliphatic heterocycles. The Morgan fingerprint density at radius 3 is 2.14 bits per heavy atom.